The van der Waals surface area contributed by atoms with Crippen molar-refractivity contribution in [2.45, 2.75) is 41.2 Å². The van der Waals surface area contributed by atoms with Gasteiger partial charge in [0.15, 0.2) is 0 Å². The first kappa shape index (κ1) is 16.7. The van der Waals surface area contributed by atoms with Crippen LogP contribution in [0.25, 0.3) is 0 Å². The summed E-state index contributed by atoms with van der Waals surface area (Å²) in [4.78, 5) is -0.129. The topological polar surface area (TPSA) is 89.5 Å². The average molecular weight is 354 g/mol. The minimum absolute atomic E-state index is 0.00688. The Morgan fingerprint density at radius 2 is 1.67 bits per heavy atom. The van der Waals surface area contributed by atoms with E-state index >= 15 is 0 Å². The molecule has 1 N–H and O–H groups in total. The van der Waals surface area contributed by atoms with Crippen LogP contribution < -0.4 is 4.72 Å². The molecule has 2 rings (SSSR count). The van der Waals surface area contributed by atoms with Gasteiger partial charge in [-0.2, -0.15) is 0 Å². The second kappa shape index (κ2) is 6.21. The van der Waals surface area contributed by atoms with Gasteiger partial charge in [-0.1, -0.05) is 0 Å². The molecular formula is C12H16ClNO5S2. The van der Waals surface area contributed by atoms with E-state index in [-0.39, 0.29) is 21.9 Å². The minimum Gasteiger partial charge on any atom is -0.381 e. The van der Waals surface area contributed by atoms with Gasteiger partial charge >= 0.3 is 0 Å². The van der Waals surface area contributed by atoms with E-state index in [1.165, 1.54) is 24.3 Å². The van der Waals surface area contributed by atoms with Crippen molar-refractivity contribution in [1.82, 2.24) is 4.72 Å². The quantitative estimate of drug-likeness (QED) is 0.809. The second-order valence-corrected chi connectivity index (χ2v) is 9.18. The highest BCUT2D eigenvalue weighted by Gasteiger charge is 2.28. The lowest BCUT2D eigenvalue weighted by Crippen LogP contribution is -2.33. The van der Waals surface area contributed by atoms with Crippen molar-refractivity contribution in [3.05, 3.63) is 24.3 Å². The van der Waals surface area contributed by atoms with E-state index in [0.29, 0.717) is 12.8 Å². The predicted octanol–water partition coefficient (Wildman–Crippen LogP) is 1.46. The molecule has 2 atom stereocenters. The molecule has 2 unspecified atom stereocenters. The fourth-order valence-corrected chi connectivity index (χ4v) is 4.38. The Morgan fingerprint density at radius 3 is 2.14 bits per heavy atom. The van der Waals surface area contributed by atoms with Gasteiger partial charge in [-0.15, -0.1) is 0 Å². The molecule has 6 nitrogen and oxygen atoms in total. The molecular weight excluding hydrogens is 338 g/mol. The predicted molar refractivity (Wildman–Crippen MR) is 78.2 cm³/mol. The number of benzene rings is 1. The maximum absolute atomic E-state index is 12.2. The highest BCUT2D eigenvalue weighted by atomic mass is 35.7. The van der Waals surface area contributed by atoms with E-state index in [9.17, 15) is 16.8 Å². The zero-order valence-electron chi connectivity index (χ0n) is 11.3. The molecule has 1 aliphatic rings. The number of ether oxygens (including phenoxy) is 1. The zero-order valence-corrected chi connectivity index (χ0v) is 13.7. The molecule has 1 aliphatic carbocycles. The van der Waals surface area contributed by atoms with Crippen LogP contribution in [0.1, 0.15) is 19.3 Å². The SMILES string of the molecule is COC1CCC(NS(=O)(=O)c2ccc(S(=O)(=O)Cl)cc2)C1. The van der Waals surface area contributed by atoms with Crippen molar-refractivity contribution in [2.75, 3.05) is 7.11 Å². The molecule has 21 heavy (non-hydrogen) atoms. The van der Waals surface area contributed by atoms with E-state index in [0.717, 1.165) is 6.42 Å². The van der Waals surface area contributed by atoms with E-state index in [1.807, 2.05) is 0 Å². The summed E-state index contributed by atoms with van der Waals surface area (Å²) in [7, 11) is -0.747. The van der Waals surface area contributed by atoms with Crippen LogP contribution in [0.15, 0.2) is 34.1 Å². The summed E-state index contributed by atoms with van der Waals surface area (Å²) in [6.45, 7) is 0. The first-order valence-electron chi connectivity index (χ1n) is 6.32. The largest absolute Gasteiger partial charge is 0.381 e. The number of methoxy groups -OCH3 is 1. The van der Waals surface area contributed by atoms with Gasteiger partial charge in [-0.3, -0.25) is 0 Å². The molecule has 0 saturated heterocycles. The van der Waals surface area contributed by atoms with Gasteiger partial charge in [0.2, 0.25) is 10.0 Å². The third-order valence-electron chi connectivity index (χ3n) is 3.46. The molecule has 0 spiro atoms. The summed E-state index contributed by atoms with van der Waals surface area (Å²) in [5.41, 5.74) is 0. The van der Waals surface area contributed by atoms with Gasteiger partial charge in [0.1, 0.15) is 0 Å². The minimum atomic E-state index is -3.86. The lowest BCUT2D eigenvalue weighted by atomic mass is 10.3. The van der Waals surface area contributed by atoms with E-state index in [2.05, 4.69) is 4.72 Å². The summed E-state index contributed by atoms with van der Waals surface area (Å²) in [5, 5.41) is 0. The third-order valence-corrected chi connectivity index (χ3v) is 6.36. The fraction of sp³-hybridized carbons (Fsp3) is 0.500. The van der Waals surface area contributed by atoms with Crippen LogP contribution in [-0.2, 0) is 23.8 Å². The van der Waals surface area contributed by atoms with Crippen molar-refractivity contribution >= 4 is 29.8 Å². The van der Waals surface area contributed by atoms with Gasteiger partial charge < -0.3 is 4.74 Å². The van der Waals surface area contributed by atoms with Gasteiger partial charge in [0.05, 0.1) is 15.9 Å². The Hall–Kier alpha value is -0.670. The molecule has 0 heterocycles. The Bertz CT molecular complexity index is 700. The standard InChI is InChI=1S/C12H16ClNO5S2/c1-19-10-3-2-9(8-10)14-21(17,18)12-6-4-11(5-7-12)20(13,15)16/h4-7,9-10,14H,2-3,8H2,1H3. The van der Waals surface area contributed by atoms with Crippen LogP contribution in [0.5, 0.6) is 0 Å². The van der Waals surface area contributed by atoms with Crippen LogP contribution in [-0.4, -0.2) is 36.1 Å². The first-order valence-corrected chi connectivity index (χ1v) is 10.1. The molecule has 0 radical (unpaired) electrons. The smallest absolute Gasteiger partial charge is 0.261 e. The second-order valence-electron chi connectivity index (χ2n) is 4.90. The summed E-state index contributed by atoms with van der Waals surface area (Å²) in [6.07, 6.45) is 2.23. The van der Waals surface area contributed by atoms with Crippen molar-refractivity contribution in [1.29, 1.82) is 0 Å². The highest BCUT2D eigenvalue weighted by Crippen LogP contribution is 2.24. The molecule has 118 valence electrons. The number of sulfonamides is 1. The van der Waals surface area contributed by atoms with Crippen molar-refractivity contribution in [3.63, 3.8) is 0 Å². The van der Waals surface area contributed by atoms with Crippen LogP contribution in [0.4, 0.5) is 0 Å². The Labute approximate surface area is 128 Å². The molecule has 1 saturated carbocycles. The molecule has 0 bridgehead atoms. The normalized spacial score (nSPS) is 23.3. The summed E-state index contributed by atoms with van der Waals surface area (Å²) < 4.78 is 54.5. The average Bonchev–Trinajstić information content (AvgIpc) is 2.85. The third kappa shape index (κ3) is 4.17. The van der Waals surface area contributed by atoms with Crippen molar-refractivity contribution in [2.24, 2.45) is 0 Å². The lowest BCUT2D eigenvalue weighted by Gasteiger charge is -2.13. The number of hydrogen-bond donors (Lipinski definition) is 1. The highest BCUT2D eigenvalue weighted by molar-refractivity contribution is 8.13. The van der Waals surface area contributed by atoms with E-state index < -0.39 is 19.1 Å². The summed E-state index contributed by atoms with van der Waals surface area (Å²) >= 11 is 0. The molecule has 0 aliphatic heterocycles. The summed E-state index contributed by atoms with van der Waals surface area (Å²) in [5.74, 6) is 0. The number of halogens is 1. The monoisotopic (exact) mass is 353 g/mol. The lowest BCUT2D eigenvalue weighted by molar-refractivity contribution is 0.107. The van der Waals surface area contributed by atoms with Crippen LogP contribution >= 0.6 is 10.7 Å². The fourth-order valence-electron chi connectivity index (χ4n) is 2.33. The Balaban J connectivity index is 2.13. The molecule has 0 amide bonds. The molecule has 1 fully saturated rings. The number of nitrogens with one attached hydrogen (secondary N) is 1. The van der Waals surface area contributed by atoms with Crippen molar-refractivity contribution in [3.8, 4) is 0 Å². The Morgan fingerprint density at radius 1 is 1.10 bits per heavy atom. The molecule has 1 aromatic rings. The Kier molecular flexibility index (Phi) is 4.94. The van der Waals surface area contributed by atoms with Gasteiger partial charge in [0.25, 0.3) is 9.05 Å². The van der Waals surface area contributed by atoms with Gasteiger partial charge in [-0.05, 0) is 43.5 Å². The molecule has 0 aromatic heterocycles. The van der Waals surface area contributed by atoms with Gasteiger partial charge in [-0.25, -0.2) is 21.6 Å². The van der Waals surface area contributed by atoms with Crippen LogP contribution in [0, 0.1) is 0 Å². The maximum Gasteiger partial charge on any atom is 0.261 e. The molecule has 9 heteroatoms. The number of rotatable bonds is 5. The zero-order chi connectivity index (χ0) is 15.7. The van der Waals surface area contributed by atoms with E-state index in [1.54, 1.807) is 7.11 Å². The van der Waals surface area contributed by atoms with Crippen molar-refractivity contribution < 1.29 is 21.6 Å². The maximum atomic E-state index is 12.2. The first-order chi connectivity index (χ1) is 9.72. The number of hydrogen-bond acceptors (Lipinski definition) is 5. The summed E-state index contributed by atoms with van der Waals surface area (Å²) in [6, 6.07) is 4.62. The van der Waals surface area contributed by atoms with Crippen LogP contribution in [0.3, 0.4) is 0 Å². The van der Waals surface area contributed by atoms with E-state index in [4.69, 9.17) is 15.4 Å². The van der Waals surface area contributed by atoms with Crippen LogP contribution in [0.2, 0.25) is 0 Å². The van der Waals surface area contributed by atoms with Gasteiger partial charge in [0, 0.05) is 23.8 Å². The molecule has 1 aromatic carbocycles.